The van der Waals surface area contributed by atoms with Crippen molar-refractivity contribution in [3.05, 3.63) is 82.3 Å². The Hall–Kier alpha value is -3.85. The molecule has 0 aromatic heterocycles. The summed E-state index contributed by atoms with van der Waals surface area (Å²) in [6.07, 6.45) is 1.62. The molecule has 30 heavy (non-hydrogen) atoms. The first-order chi connectivity index (χ1) is 14.5. The number of hydrogen-bond acceptors (Lipinski definition) is 5. The number of nitrogens with two attached hydrogens (primary N) is 1. The standard InChI is InChI=1S/C24H20N4O2/c1-14-6-4-7-15(12-14)28-19-10-5-11-20(29)21(19)24(17(13-25)22(28)26)16-8-2-3-9-18(16)27-23(24)30/h2-4,6-9,12H,5,10-11,26H2,1H3,(H,27,30)/t24-/m0/s1. The molecule has 148 valence electrons. The number of nitrogens with zero attached hydrogens (tertiary/aromatic N) is 2. The molecule has 0 fully saturated rings. The minimum absolute atomic E-state index is 0.0976. The molecule has 2 aromatic carbocycles. The van der Waals surface area contributed by atoms with Gasteiger partial charge >= 0.3 is 0 Å². The van der Waals surface area contributed by atoms with Gasteiger partial charge in [-0.2, -0.15) is 5.26 Å². The lowest BCUT2D eigenvalue weighted by Crippen LogP contribution is -2.50. The van der Waals surface area contributed by atoms with E-state index < -0.39 is 11.3 Å². The molecule has 2 aliphatic heterocycles. The molecule has 3 aliphatic rings. The van der Waals surface area contributed by atoms with Gasteiger partial charge in [0.15, 0.2) is 5.78 Å². The van der Waals surface area contributed by atoms with Crippen LogP contribution in [0.1, 0.15) is 30.4 Å². The fourth-order valence-corrected chi connectivity index (χ4v) is 5.01. The molecule has 0 bridgehead atoms. The van der Waals surface area contributed by atoms with Crippen LogP contribution in [0.5, 0.6) is 0 Å². The zero-order valence-corrected chi connectivity index (χ0v) is 16.5. The molecule has 1 atom stereocenters. The number of para-hydroxylation sites is 1. The Morgan fingerprint density at radius 3 is 2.70 bits per heavy atom. The summed E-state index contributed by atoms with van der Waals surface area (Å²) in [6.45, 7) is 1.97. The van der Waals surface area contributed by atoms with E-state index in [1.807, 2.05) is 43.3 Å². The van der Waals surface area contributed by atoms with E-state index in [9.17, 15) is 14.9 Å². The third-order valence-corrected chi connectivity index (χ3v) is 6.19. The molecular formula is C24H20N4O2. The summed E-state index contributed by atoms with van der Waals surface area (Å²) in [7, 11) is 0. The first-order valence-electron chi connectivity index (χ1n) is 9.95. The van der Waals surface area contributed by atoms with Crippen molar-refractivity contribution >= 4 is 23.1 Å². The van der Waals surface area contributed by atoms with Gasteiger partial charge in [0, 0.05) is 34.6 Å². The molecule has 2 heterocycles. The van der Waals surface area contributed by atoms with Gasteiger partial charge in [0.05, 0.1) is 5.57 Å². The Kier molecular flexibility index (Phi) is 3.84. The number of nitrogens with one attached hydrogen (secondary N) is 1. The highest BCUT2D eigenvalue weighted by atomic mass is 16.2. The van der Waals surface area contributed by atoms with Crippen molar-refractivity contribution in [2.75, 3.05) is 10.2 Å². The largest absolute Gasteiger partial charge is 0.384 e. The molecular weight excluding hydrogens is 376 g/mol. The van der Waals surface area contributed by atoms with Crippen LogP contribution in [0, 0.1) is 18.3 Å². The number of amides is 1. The number of aryl methyl sites for hydroxylation is 1. The Morgan fingerprint density at radius 2 is 1.93 bits per heavy atom. The number of benzene rings is 2. The summed E-state index contributed by atoms with van der Waals surface area (Å²) in [4.78, 5) is 28.6. The Labute approximate surface area is 174 Å². The number of rotatable bonds is 1. The van der Waals surface area contributed by atoms with Crippen LogP contribution in [0.15, 0.2) is 71.2 Å². The van der Waals surface area contributed by atoms with Crippen molar-refractivity contribution < 1.29 is 9.59 Å². The second-order valence-electron chi connectivity index (χ2n) is 7.89. The van der Waals surface area contributed by atoms with E-state index in [-0.39, 0.29) is 17.2 Å². The maximum Gasteiger partial charge on any atom is 0.245 e. The van der Waals surface area contributed by atoms with E-state index >= 15 is 0 Å². The van der Waals surface area contributed by atoms with Crippen LogP contribution in [0.25, 0.3) is 0 Å². The average Bonchev–Trinajstić information content (AvgIpc) is 3.01. The van der Waals surface area contributed by atoms with Gasteiger partial charge in [-0.3, -0.25) is 14.5 Å². The smallest absolute Gasteiger partial charge is 0.245 e. The molecule has 3 N–H and O–H groups in total. The van der Waals surface area contributed by atoms with Crippen LogP contribution in [-0.2, 0) is 15.0 Å². The van der Waals surface area contributed by atoms with Crippen molar-refractivity contribution in [2.24, 2.45) is 5.73 Å². The molecule has 0 saturated carbocycles. The third kappa shape index (κ3) is 2.17. The molecule has 6 heteroatoms. The van der Waals surface area contributed by atoms with Crippen LogP contribution in [0.4, 0.5) is 11.4 Å². The number of fused-ring (bicyclic) bond motifs is 3. The van der Waals surface area contributed by atoms with Crippen molar-refractivity contribution in [1.29, 1.82) is 5.26 Å². The van der Waals surface area contributed by atoms with Gasteiger partial charge in [0.25, 0.3) is 0 Å². The summed E-state index contributed by atoms with van der Waals surface area (Å²) in [5.41, 5.74) is 9.32. The fourth-order valence-electron chi connectivity index (χ4n) is 5.01. The highest BCUT2D eigenvalue weighted by molar-refractivity contribution is 6.19. The highest BCUT2D eigenvalue weighted by Gasteiger charge is 2.59. The molecule has 1 aliphatic carbocycles. The lowest BCUT2D eigenvalue weighted by Gasteiger charge is -2.43. The number of carbonyl (C=O) groups is 2. The second kappa shape index (κ2) is 6.33. The minimum Gasteiger partial charge on any atom is -0.384 e. The maximum atomic E-state index is 13.5. The normalized spacial score (nSPS) is 22.7. The first-order valence-corrected chi connectivity index (χ1v) is 9.95. The number of Topliss-reactive ketones (excluding diaryl/α,β-unsaturated/α-hetero) is 1. The molecule has 2 aromatic rings. The molecule has 1 spiro atoms. The van der Waals surface area contributed by atoms with E-state index in [4.69, 9.17) is 5.73 Å². The second-order valence-corrected chi connectivity index (χ2v) is 7.89. The number of nitriles is 1. The molecule has 0 radical (unpaired) electrons. The summed E-state index contributed by atoms with van der Waals surface area (Å²) < 4.78 is 0. The van der Waals surface area contributed by atoms with E-state index in [1.165, 1.54) is 0 Å². The highest BCUT2D eigenvalue weighted by Crippen LogP contribution is 2.54. The number of ketones is 1. The van der Waals surface area contributed by atoms with Crippen LogP contribution in [0.3, 0.4) is 0 Å². The molecule has 0 saturated heterocycles. The third-order valence-electron chi connectivity index (χ3n) is 6.19. The molecule has 1 amide bonds. The van der Waals surface area contributed by atoms with Gasteiger partial charge in [-0.15, -0.1) is 0 Å². The topological polar surface area (TPSA) is 99.2 Å². The van der Waals surface area contributed by atoms with Crippen LogP contribution in [0.2, 0.25) is 0 Å². The average molecular weight is 396 g/mol. The Bertz CT molecular complexity index is 1230. The first kappa shape index (κ1) is 18.2. The van der Waals surface area contributed by atoms with Gasteiger partial charge in [-0.1, -0.05) is 30.3 Å². The predicted molar refractivity (Wildman–Crippen MR) is 113 cm³/mol. The summed E-state index contributed by atoms with van der Waals surface area (Å²) in [6, 6.07) is 17.2. The summed E-state index contributed by atoms with van der Waals surface area (Å²) >= 11 is 0. The van der Waals surface area contributed by atoms with Gasteiger partial charge in [-0.25, -0.2) is 0 Å². The van der Waals surface area contributed by atoms with Gasteiger partial charge < -0.3 is 11.1 Å². The van der Waals surface area contributed by atoms with Crippen LogP contribution >= 0.6 is 0 Å². The number of hydrogen-bond donors (Lipinski definition) is 2. The van der Waals surface area contributed by atoms with Crippen LogP contribution < -0.4 is 16.0 Å². The van der Waals surface area contributed by atoms with E-state index in [1.54, 1.807) is 17.0 Å². The number of anilines is 2. The summed E-state index contributed by atoms with van der Waals surface area (Å²) in [5.74, 6) is -0.306. The Balaban J connectivity index is 1.89. The number of carbonyl (C=O) groups excluding carboxylic acids is 2. The molecule has 5 rings (SSSR count). The zero-order valence-electron chi connectivity index (χ0n) is 16.5. The van der Waals surface area contributed by atoms with Gasteiger partial charge in [0.2, 0.25) is 5.91 Å². The maximum absolute atomic E-state index is 13.5. The lowest BCUT2D eigenvalue weighted by molar-refractivity contribution is -0.122. The lowest BCUT2D eigenvalue weighted by atomic mass is 9.64. The fraction of sp³-hybridized carbons (Fsp3) is 0.208. The SMILES string of the molecule is Cc1cccc(N2C(N)=C(C#N)[C@]3(C(=O)Nc4ccccc43)C3=C2CCCC3=O)c1. The van der Waals surface area contributed by atoms with Crippen molar-refractivity contribution in [3.8, 4) is 6.07 Å². The summed E-state index contributed by atoms with van der Waals surface area (Å²) in [5, 5.41) is 13.1. The minimum atomic E-state index is -1.50. The quantitative estimate of drug-likeness (QED) is 0.770. The van der Waals surface area contributed by atoms with Crippen molar-refractivity contribution in [3.63, 3.8) is 0 Å². The Morgan fingerprint density at radius 1 is 1.13 bits per heavy atom. The zero-order chi connectivity index (χ0) is 21.0. The number of allylic oxidation sites excluding steroid dienone is 1. The van der Waals surface area contributed by atoms with Gasteiger partial charge in [0.1, 0.15) is 17.3 Å². The molecule has 0 unspecified atom stereocenters. The van der Waals surface area contributed by atoms with Gasteiger partial charge in [-0.05, 0) is 43.5 Å². The molecule has 6 nitrogen and oxygen atoms in total. The predicted octanol–water partition coefficient (Wildman–Crippen LogP) is 3.41. The van der Waals surface area contributed by atoms with E-state index in [0.717, 1.165) is 11.3 Å². The van der Waals surface area contributed by atoms with Crippen molar-refractivity contribution in [2.45, 2.75) is 31.6 Å². The van der Waals surface area contributed by atoms with Crippen LogP contribution in [-0.4, -0.2) is 11.7 Å². The monoisotopic (exact) mass is 396 g/mol. The van der Waals surface area contributed by atoms with E-state index in [0.29, 0.717) is 41.8 Å². The van der Waals surface area contributed by atoms with E-state index in [2.05, 4.69) is 11.4 Å². The van der Waals surface area contributed by atoms with Crippen molar-refractivity contribution in [1.82, 2.24) is 0 Å².